The van der Waals surface area contributed by atoms with E-state index in [-0.39, 0.29) is 17.7 Å². The maximum Gasteiger partial charge on any atom is 0.246 e. The highest BCUT2D eigenvalue weighted by Crippen LogP contribution is 2.33. The molecule has 1 aromatic rings. The molecule has 0 N–H and O–H groups in total. The lowest BCUT2D eigenvalue weighted by Gasteiger charge is -2.28. The minimum absolute atomic E-state index is 0.178. The fourth-order valence-electron chi connectivity index (χ4n) is 2.52. The SMILES string of the molecule is C=CC(=O)N(C)[C@H](C)c1ccccc1N1CCCS1(=O)=O. The van der Waals surface area contributed by atoms with Crippen molar-refractivity contribution in [3.8, 4) is 0 Å². The molecular formula is C15H20N2O3S. The van der Waals surface area contributed by atoms with Crippen LogP contribution in [-0.4, -0.2) is 38.6 Å². The van der Waals surface area contributed by atoms with Crippen molar-refractivity contribution in [2.75, 3.05) is 23.7 Å². The van der Waals surface area contributed by atoms with Gasteiger partial charge >= 0.3 is 0 Å². The van der Waals surface area contributed by atoms with E-state index in [0.717, 1.165) is 5.56 Å². The Kier molecular flexibility index (Phi) is 4.37. The van der Waals surface area contributed by atoms with Crippen LogP contribution in [0.2, 0.25) is 0 Å². The predicted octanol–water partition coefficient (Wildman–Crippen LogP) is 1.93. The van der Waals surface area contributed by atoms with Gasteiger partial charge in [0.2, 0.25) is 15.9 Å². The number of anilines is 1. The number of hydrogen-bond acceptors (Lipinski definition) is 3. The molecule has 1 aliphatic rings. The summed E-state index contributed by atoms with van der Waals surface area (Å²) in [6, 6.07) is 7.09. The Labute approximate surface area is 125 Å². The average molecular weight is 308 g/mol. The molecule has 1 aromatic carbocycles. The van der Waals surface area contributed by atoms with E-state index in [1.807, 2.05) is 25.1 Å². The van der Waals surface area contributed by atoms with Gasteiger partial charge in [0.25, 0.3) is 0 Å². The van der Waals surface area contributed by atoms with E-state index in [1.165, 1.54) is 10.4 Å². The first kappa shape index (κ1) is 15.6. The second kappa shape index (κ2) is 5.89. The highest BCUT2D eigenvalue weighted by Gasteiger charge is 2.31. The summed E-state index contributed by atoms with van der Waals surface area (Å²) in [6.07, 6.45) is 1.89. The van der Waals surface area contributed by atoms with Gasteiger partial charge in [-0.15, -0.1) is 0 Å². The van der Waals surface area contributed by atoms with Gasteiger partial charge in [-0.2, -0.15) is 0 Å². The average Bonchev–Trinajstić information content (AvgIpc) is 2.84. The van der Waals surface area contributed by atoms with Crippen molar-refractivity contribution < 1.29 is 13.2 Å². The molecule has 0 bridgehead atoms. The number of carbonyl (C=O) groups excluding carboxylic acids is 1. The van der Waals surface area contributed by atoms with Crippen LogP contribution in [-0.2, 0) is 14.8 Å². The third kappa shape index (κ3) is 2.95. The Morgan fingerprint density at radius 3 is 2.67 bits per heavy atom. The van der Waals surface area contributed by atoms with Crippen molar-refractivity contribution in [2.45, 2.75) is 19.4 Å². The first-order valence-electron chi connectivity index (χ1n) is 6.87. The Morgan fingerprint density at radius 2 is 2.10 bits per heavy atom. The van der Waals surface area contributed by atoms with Crippen LogP contribution in [0.4, 0.5) is 5.69 Å². The van der Waals surface area contributed by atoms with Crippen LogP contribution < -0.4 is 4.31 Å². The summed E-state index contributed by atoms with van der Waals surface area (Å²) in [5.74, 6) is -0.0153. The number of carbonyl (C=O) groups is 1. The maximum atomic E-state index is 12.1. The van der Waals surface area contributed by atoms with Crippen molar-refractivity contribution in [1.82, 2.24) is 4.90 Å². The van der Waals surface area contributed by atoms with E-state index >= 15 is 0 Å². The number of para-hydroxylation sites is 1. The lowest BCUT2D eigenvalue weighted by atomic mass is 10.0. The zero-order valence-electron chi connectivity index (χ0n) is 12.3. The fourth-order valence-corrected chi connectivity index (χ4v) is 4.11. The minimum atomic E-state index is -3.24. The molecule has 0 aliphatic carbocycles. The molecule has 1 atom stereocenters. The van der Waals surface area contributed by atoms with E-state index in [2.05, 4.69) is 6.58 Å². The highest BCUT2D eigenvalue weighted by molar-refractivity contribution is 7.93. The van der Waals surface area contributed by atoms with E-state index in [0.29, 0.717) is 18.7 Å². The van der Waals surface area contributed by atoms with Gasteiger partial charge in [-0.05, 0) is 31.1 Å². The van der Waals surface area contributed by atoms with Crippen LogP contribution in [0.1, 0.15) is 24.9 Å². The van der Waals surface area contributed by atoms with Gasteiger partial charge in [-0.1, -0.05) is 24.8 Å². The van der Waals surface area contributed by atoms with Crippen molar-refractivity contribution in [3.63, 3.8) is 0 Å². The summed E-state index contributed by atoms with van der Waals surface area (Å²) in [6.45, 7) is 5.85. The largest absolute Gasteiger partial charge is 0.335 e. The van der Waals surface area contributed by atoms with Gasteiger partial charge in [0.1, 0.15) is 0 Å². The molecule has 6 heteroatoms. The van der Waals surface area contributed by atoms with Crippen molar-refractivity contribution in [1.29, 1.82) is 0 Å². The molecule has 1 fully saturated rings. The van der Waals surface area contributed by atoms with Crippen molar-refractivity contribution in [2.24, 2.45) is 0 Å². The molecule has 2 rings (SSSR count). The normalized spacial score (nSPS) is 18.3. The number of rotatable bonds is 4. The van der Waals surface area contributed by atoms with Crippen LogP contribution in [0.5, 0.6) is 0 Å². The van der Waals surface area contributed by atoms with E-state index < -0.39 is 10.0 Å². The van der Waals surface area contributed by atoms with Gasteiger partial charge in [0, 0.05) is 13.6 Å². The monoisotopic (exact) mass is 308 g/mol. The number of benzene rings is 1. The molecule has 1 amide bonds. The zero-order chi connectivity index (χ0) is 15.6. The standard InChI is InChI=1S/C15H20N2O3S/c1-4-15(18)16(3)12(2)13-8-5-6-9-14(13)17-10-7-11-21(17,19)20/h4-6,8-9,12H,1,7,10-11H2,2-3H3/t12-/m1/s1. The van der Waals surface area contributed by atoms with E-state index in [9.17, 15) is 13.2 Å². The summed E-state index contributed by atoms with van der Waals surface area (Å²) < 4.78 is 25.7. The lowest BCUT2D eigenvalue weighted by molar-refractivity contribution is -0.126. The molecule has 0 spiro atoms. The van der Waals surface area contributed by atoms with E-state index in [1.54, 1.807) is 18.0 Å². The molecular weight excluding hydrogens is 288 g/mol. The molecule has 114 valence electrons. The summed E-state index contributed by atoms with van der Waals surface area (Å²) in [5, 5.41) is 0. The number of amides is 1. The summed E-state index contributed by atoms with van der Waals surface area (Å²) >= 11 is 0. The third-order valence-corrected chi connectivity index (χ3v) is 5.71. The summed E-state index contributed by atoms with van der Waals surface area (Å²) in [5.41, 5.74) is 1.48. The topological polar surface area (TPSA) is 57.7 Å². The van der Waals surface area contributed by atoms with Gasteiger partial charge in [-0.3, -0.25) is 9.10 Å². The molecule has 21 heavy (non-hydrogen) atoms. The second-order valence-corrected chi connectivity index (χ2v) is 7.14. The molecule has 0 unspecified atom stereocenters. The molecule has 0 aromatic heterocycles. The third-order valence-electron chi connectivity index (χ3n) is 3.86. The van der Waals surface area contributed by atoms with Gasteiger partial charge in [0.05, 0.1) is 17.5 Å². The molecule has 0 radical (unpaired) electrons. The van der Waals surface area contributed by atoms with Gasteiger partial charge in [-0.25, -0.2) is 8.42 Å². The van der Waals surface area contributed by atoms with Crippen molar-refractivity contribution in [3.05, 3.63) is 42.5 Å². The fraction of sp³-hybridized carbons (Fsp3) is 0.400. The lowest BCUT2D eigenvalue weighted by Crippen LogP contribution is -2.31. The Balaban J connectivity index is 2.42. The summed E-state index contributed by atoms with van der Waals surface area (Å²) in [4.78, 5) is 13.3. The van der Waals surface area contributed by atoms with Crippen molar-refractivity contribution >= 4 is 21.6 Å². The van der Waals surface area contributed by atoms with Crippen LogP contribution >= 0.6 is 0 Å². The highest BCUT2D eigenvalue weighted by atomic mass is 32.2. The van der Waals surface area contributed by atoms with Crippen LogP contribution in [0.15, 0.2) is 36.9 Å². The first-order valence-corrected chi connectivity index (χ1v) is 8.48. The Bertz CT molecular complexity index is 655. The number of sulfonamides is 1. The van der Waals surface area contributed by atoms with Crippen LogP contribution in [0.25, 0.3) is 0 Å². The Morgan fingerprint density at radius 1 is 1.43 bits per heavy atom. The smallest absolute Gasteiger partial charge is 0.246 e. The molecule has 1 heterocycles. The zero-order valence-corrected chi connectivity index (χ0v) is 13.1. The Hall–Kier alpha value is -1.82. The minimum Gasteiger partial charge on any atom is -0.335 e. The summed E-state index contributed by atoms with van der Waals surface area (Å²) in [7, 11) is -1.55. The molecule has 1 aliphatic heterocycles. The molecule has 0 saturated carbocycles. The number of nitrogens with zero attached hydrogens (tertiary/aromatic N) is 2. The molecule has 1 saturated heterocycles. The van der Waals surface area contributed by atoms with Crippen LogP contribution in [0.3, 0.4) is 0 Å². The maximum absolute atomic E-state index is 12.1. The van der Waals surface area contributed by atoms with E-state index in [4.69, 9.17) is 0 Å². The number of likely N-dealkylation sites (N-methyl/N-ethyl adjacent to an activating group) is 1. The quantitative estimate of drug-likeness (QED) is 0.799. The number of hydrogen-bond donors (Lipinski definition) is 0. The first-order chi connectivity index (χ1) is 9.88. The van der Waals surface area contributed by atoms with Crippen LogP contribution in [0, 0.1) is 0 Å². The second-order valence-electron chi connectivity index (χ2n) is 5.13. The predicted molar refractivity (Wildman–Crippen MR) is 83.6 cm³/mol. The van der Waals surface area contributed by atoms with Gasteiger partial charge in [0.15, 0.2) is 0 Å². The van der Waals surface area contributed by atoms with Gasteiger partial charge < -0.3 is 4.90 Å². The molecule has 5 nitrogen and oxygen atoms in total.